The van der Waals surface area contributed by atoms with Gasteiger partial charge in [-0.2, -0.15) is 23.4 Å². The summed E-state index contributed by atoms with van der Waals surface area (Å²) in [5, 5.41) is 9.05. The van der Waals surface area contributed by atoms with Crippen LogP contribution < -0.4 is 14.5 Å². The van der Waals surface area contributed by atoms with E-state index in [1.807, 2.05) is 11.0 Å². The number of nitriles is 1. The third-order valence-electron chi connectivity index (χ3n) is 6.16. The van der Waals surface area contributed by atoms with Gasteiger partial charge >= 0.3 is 12.1 Å². The lowest BCUT2D eigenvalue weighted by molar-refractivity contribution is -0.189. The number of alkyl halides is 3. The second kappa shape index (κ2) is 10.1. The Morgan fingerprint density at radius 1 is 1.03 bits per heavy atom. The van der Waals surface area contributed by atoms with Crippen molar-refractivity contribution < 1.29 is 32.2 Å². The van der Waals surface area contributed by atoms with Crippen LogP contribution in [0.3, 0.4) is 0 Å². The second-order valence-electron chi connectivity index (χ2n) is 8.58. The molecule has 194 valence electrons. The van der Waals surface area contributed by atoms with E-state index in [4.69, 9.17) is 20.0 Å². The lowest BCUT2D eigenvalue weighted by Gasteiger charge is -2.28. The van der Waals surface area contributed by atoms with E-state index in [1.54, 1.807) is 30.3 Å². The third-order valence-corrected chi connectivity index (χ3v) is 6.16. The molecular weight excluding hydrogens is 503 g/mol. The smallest absolute Gasteiger partial charge is 0.420 e. The maximum Gasteiger partial charge on any atom is 0.491 e. The number of carbonyl (C=O) groups is 2. The number of carbonyl (C=O) groups excluding carboxylic acids is 2. The first-order valence-electron chi connectivity index (χ1n) is 11.7. The van der Waals surface area contributed by atoms with Crippen molar-refractivity contribution >= 4 is 23.6 Å². The van der Waals surface area contributed by atoms with Crippen molar-refractivity contribution in [3.05, 3.63) is 65.2 Å². The maximum absolute atomic E-state index is 13.4. The Kier molecular flexibility index (Phi) is 6.69. The Bertz CT molecular complexity index is 1430. The van der Waals surface area contributed by atoms with Gasteiger partial charge in [-0.15, -0.1) is 0 Å². The fraction of sp³-hybridized carbons (Fsp3) is 0.269. The molecule has 0 atom stereocenters. The lowest BCUT2D eigenvalue weighted by Crippen LogP contribution is -2.38. The molecule has 12 heteroatoms. The minimum Gasteiger partial charge on any atom is -0.420 e. The van der Waals surface area contributed by atoms with Gasteiger partial charge in [-0.25, -0.2) is 9.78 Å². The molecule has 0 saturated carbocycles. The minimum atomic E-state index is -5.14. The average molecular weight is 523 g/mol. The molecule has 1 saturated heterocycles. The van der Waals surface area contributed by atoms with Gasteiger partial charge < -0.3 is 14.4 Å². The molecule has 0 unspecified atom stereocenters. The van der Waals surface area contributed by atoms with E-state index >= 15 is 0 Å². The zero-order valence-corrected chi connectivity index (χ0v) is 19.9. The predicted molar refractivity (Wildman–Crippen MR) is 129 cm³/mol. The van der Waals surface area contributed by atoms with Crippen LogP contribution in [0.5, 0.6) is 5.75 Å². The molecule has 0 radical (unpaired) electrons. The molecule has 9 nitrogen and oxygen atoms in total. The van der Waals surface area contributed by atoms with E-state index in [2.05, 4.69) is 4.74 Å². The summed E-state index contributed by atoms with van der Waals surface area (Å²) in [4.78, 5) is 37.6. The number of amides is 1. The van der Waals surface area contributed by atoms with Gasteiger partial charge in [0.15, 0.2) is 0 Å². The van der Waals surface area contributed by atoms with Crippen molar-refractivity contribution in [1.29, 1.82) is 5.26 Å². The molecule has 3 aromatic rings. The van der Waals surface area contributed by atoms with Gasteiger partial charge in [-0.05, 0) is 42.8 Å². The van der Waals surface area contributed by atoms with Crippen LogP contribution >= 0.6 is 0 Å². The molecule has 0 N–H and O–H groups in total. The first-order valence-corrected chi connectivity index (χ1v) is 11.7. The highest BCUT2D eigenvalue weighted by atomic mass is 19.4. The van der Waals surface area contributed by atoms with Crippen LogP contribution in [0.2, 0.25) is 0 Å². The first kappa shape index (κ1) is 25.2. The van der Waals surface area contributed by atoms with Crippen LogP contribution in [0, 0.1) is 11.3 Å². The molecule has 2 aliphatic heterocycles. The SMILES string of the molecule is N#Cc1ccc(C(=O)N2CCc3c(-c4cccc(OC(=O)C(F)(F)F)c4)nc(N4CCOCC4)nc32)cc1. The largest absolute Gasteiger partial charge is 0.491 e. The molecule has 1 aromatic heterocycles. The Morgan fingerprint density at radius 2 is 1.76 bits per heavy atom. The van der Waals surface area contributed by atoms with Crippen molar-refractivity contribution in [2.45, 2.75) is 12.6 Å². The molecule has 1 fully saturated rings. The summed E-state index contributed by atoms with van der Waals surface area (Å²) in [6.45, 7) is 2.28. The van der Waals surface area contributed by atoms with Crippen molar-refractivity contribution in [3.63, 3.8) is 0 Å². The number of esters is 1. The van der Waals surface area contributed by atoms with Crippen LogP contribution in [-0.2, 0) is 16.0 Å². The zero-order chi connectivity index (χ0) is 26.9. The van der Waals surface area contributed by atoms with Crippen LogP contribution in [0.25, 0.3) is 11.3 Å². The van der Waals surface area contributed by atoms with Crippen LogP contribution in [0.1, 0.15) is 21.5 Å². The molecule has 0 aliphatic carbocycles. The Balaban J connectivity index is 1.56. The molecule has 1 amide bonds. The summed E-state index contributed by atoms with van der Waals surface area (Å²) in [7, 11) is 0. The molecule has 0 bridgehead atoms. The van der Waals surface area contributed by atoms with Crippen molar-refractivity contribution in [3.8, 4) is 23.1 Å². The van der Waals surface area contributed by atoms with E-state index in [-0.39, 0.29) is 11.7 Å². The van der Waals surface area contributed by atoms with Crippen LogP contribution in [-0.4, -0.2) is 60.9 Å². The highest BCUT2D eigenvalue weighted by molar-refractivity contribution is 6.07. The third kappa shape index (κ3) is 5.01. The molecule has 5 rings (SSSR count). The second-order valence-corrected chi connectivity index (χ2v) is 8.58. The average Bonchev–Trinajstić information content (AvgIpc) is 3.36. The number of morpholine rings is 1. The fourth-order valence-corrected chi connectivity index (χ4v) is 4.30. The van der Waals surface area contributed by atoms with Gasteiger partial charge in [0.1, 0.15) is 11.6 Å². The molecule has 38 heavy (non-hydrogen) atoms. The standard InChI is InChI=1S/C26H20F3N5O4/c27-26(28,29)24(36)38-19-3-1-2-18(14-19)21-20-8-9-34(23(35)17-6-4-16(15-30)5-7-17)22(20)32-25(31-21)33-10-12-37-13-11-33/h1-7,14H,8-13H2. The maximum atomic E-state index is 13.4. The number of rotatable bonds is 4. The molecule has 2 aromatic carbocycles. The molecule has 3 heterocycles. The summed E-state index contributed by atoms with van der Waals surface area (Å²) >= 11 is 0. The number of fused-ring (bicyclic) bond motifs is 1. The minimum absolute atomic E-state index is 0.284. The van der Waals surface area contributed by atoms with Gasteiger partial charge in [0, 0.05) is 36.3 Å². The van der Waals surface area contributed by atoms with Crippen molar-refractivity contribution in [2.75, 3.05) is 42.6 Å². The Morgan fingerprint density at radius 3 is 2.45 bits per heavy atom. The monoisotopic (exact) mass is 523 g/mol. The zero-order valence-electron chi connectivity index (χ0n) is 19.9. The van der Waals surface area contributed by atoms with Gasteiger partial charge in [0.2, 0.25) is 5.95 Å². The Hall–Kier alpha value is -4.50. The molecule has 2 aliphatic rings. The molecular formula is C26H20F3N5O4. The van der Waals surface area contributed by atoms with Crippen molar-refractivity contribution in [2.24, 2.45) is 0 Å². The summed E-state index contributed by atoms with van der Waals surface area (Å²) in [6.07, 6.45) is -4.73. The number of aromatic nitrogens is 2. The quantitative estimate of drug-likeness (QED) is 0.378. The number of benzene rings is 2. The van der Waals surface area contributed by atoms with E-state index in [9.17, 15) is 22.8 Å². The topological polar surface area (TPSA) is 109 Å². The van der Waals surface area contributed by atoms with E-state index < -0.39 is 12.1 Å². The molecule has 0 spiro atoms. The number of ether oxygens (including phenoxy) is 2. The lowest BCUT2D eigenvalue weighted by atomic mass is 10.1. The number of nitrogens with zero attached hydrogens (tertiary/aromatic N) is 5. The van der Waals surface area contributed by atoms with Gasteiger partial charge in [0.05, 0.1) is 30.5 Å². The summed E-state index contributed by atoms with van der Waals surface area (Å²) in [5.41, 5.74) is 2.29. The van der Waals surface area contributed by atoms with Crippen molar-refractivity contribution in [1.82, 2.24) is 9.97 Å². The Labute approximate surface area is 215 Å². The highest BCUT2D eigenvalue weighted by Crippen LogP contribution is 2.37. The normalized spacial score (nSPS) is 15.1. The van der Waals surface area contributed by atoms with E-state index in [1.165, 1.54) is 23.1 Å². The number of anilines is 2. The first-order chi connectivity index (χ1) is 18.2. The number of hydrogen-bond donors (Lipinski definition) is 0. The number of hydrogen-bond acceptors (Lipinski definition) is 8. The van der Waals surface area contributed by atoms with E-state index in [0.717, 1.165) is 0 Å². The highest BCUT2D eigenvalue weighted by Gasteiger charge is 2.41. The predicted octanol–water partition coefficient (Wildman–Crippen LogP) is 3.52. The van der Waals surface area contributed by atoms with Gasteiger partial charge in [-0.3, -0.25) is 9.69 Å². The van der Waals surface area contributed by atoms with Gasteiger partial charge in [-0.1, -0.05) is 12.1 Å². The fourth-order valence-electron chi connectivity index (χ4n) is 4.30. The van der Waals surface area contributed by atoms with Gasteiger partial charge in [0.25, 0.3) is 5.91 Å². The summed E-state index contributed by atoms with van der Waals surface area (Å²) < 4.78 is 48.1. The van der Waals surface area contributed by atoms with Crippen LogP contribution in [0.15, 0.2) is 48.5 Å². The summed E-state index contributed by atoms with van der Waals surface area (Å²) in [5.74, 6) is -2.18. The summed E-state index contributed by atoms with van der Waals surface area (Å²) in [6, 6.07) is 13.9. The van der Waals surface area contributed by atoms with E-state index in [0.29, 0.717) is 79.0 Å². The van der Waals surface area contributed by atoms with Crippen LogP contribution in [0.4, 0.5) is 24.9 Å². The number of halogens is 3.